The zero-order chi connectivity index (χ0) is 12.3. The van der Waals surface area contributed by atoms with Gasteiger partial charge in [-0.2, -0.15) is 0 Å². The van der Waals surface area contributed by atoms with Crippen molar-refractivity contribution in [3.63, 3.8) is 0 Å². The van der Waals surface area contributed by atoms with Crippen molar-refractivity contribution in [1.29, 1.82) is 0 Å². The fourth-order valence-corrected chi connectivity index (χ4v) is 2.30. The van der Waals surface area contributed by atoms with Crippen molar-refractivity contribution in [3.8, 4) is 11.5 Å². The average Bonchev–Trinajstić information content (AvgIpc) is 2.23. The van der Waals surface area contributed by atoms with E-state index < -0.39 is 11.6 Å². The number of carbonyl (C=O) groups is 1. The van der Waals surface area contributed by atoms with E-state index in [1.165, 1.54) is 7.11 Å². The number of halogens is 2. The van der Waals surface area contributed by atoms with E-state index in [0.29, 0.717) is 10.0 Å². The van der Waals surface area contributed by atoms with Gasteiger partial charge in [-0.15, -0.1) is 0 Å². The highest BCUT2D eigenvalue weighted by Gasteiger charge is 2.21. The maximum absolute atomic E-state index is 13.2. The summed E-state index contributed by atoms with van der Waals surface area (Å²) in [6, 6.07) is 1.16. The normalized spacial score (nSPS) is 12.2. The number of aromatic hydroxyl groups is 1. The highest BCUT2D eigenvalue weighted by molar-refractivity contribution is 9.10. The first kappa shape index (κ1) is 13.0. The summed E-state index contributed by atoms with van der Waals surface area (Å²) >= 11 is 3.20. The summed E-state index contributed by atoms with van der Waals surface area (Å²) in [4.78, 5) is 10.5. The van der Waals surface area contributed by atoms with Gasteiger partial charge in [-0.1, -0.05) is 22.9 Å². The van der Waals surface area contributed by atoms with E-state index in [1.807, 2.05) is 0 Å². The molecule has 0 aliphatic rings. The second kappa shape index (κ2) is 5.30. The minimum atomic E-state index is -0.759. The van der Waals surface area contributed by atoms with E-state index in [2.05, 4.69) is 15.9 Å². The molecule has 16 heavy (non-hydrogen) atoms. The minimum absolute atomic E-state index is 0.0706. The van der Waals surface area contributed by atoms with Crippen molar-refractivity contribution in [3.05, 3.63) is 21.9 Å². The zero-order valence-electron chi connectivity index (χ0n) is 8.96. The molecule has 5 heteroatoms. The number of rotatable bonds is 4. The Morgan fingerprint density at radius 3 is 2.81 bits per heavy atom. The van der Waals surface area contributed by atoms with Crippen LogP contribution in [0.15, 0.2) is 10.5 Å². The largest absolute Gasteiger partial charge is 0.502 e. The molecule has 0 saturated carbocycles. The van der Waals surface area contributed by atoms with Crippen molar-refractivity contribution in [1.82, 2.24) is 0 Å². The lowest BCUT2D eigenvalue weighted by atomic mass is 9.97. The second-order valence-electron chi connectivity index (χ2n) is 3.44. The van der Waals surface area contributed by atoms with E-state index in [9.17, 15) is 14.3 Å². The Hall–Kier alpha value is -1.10. The molecule has 3 nitrogen and oxygen atoms in total. The molecule has 0 radical (unpaired) electrons. The van der Waals surface area contributed by atoms with Crippen LogP contribution < -0.4 is 4.74 Å². The van der Waals surface area contributed by atoms with E-state index in [1.54, 1.807) is 6.92 Å². The van der Waals surface area contributed by atoms with Gasteiger partial charge in [0.15, 0.2) is 17.3 Å². The molecular formula is C11H12BrFO3. The fourth-order valence-electron chi connectivity index (χ4n) is 1.53. The average molecular weight is 291 g/mol. The van der Waals surface area contributed by atoms with Gasteiger partial charge < -0.3 is 14.6 Å². The smallest absolute Gasteiger partial charge is 0.194 e. The predicted molar refractivity (Wildman–Crippen MR) is 61.4 cm³/mol. The SMILES string of the molecule is COc1c(O)c(F)cc(Br)c1C(C)CC=O. The van der Waals surface area contributed by atoms with Gasteiger partial charge in [0.25, 0.3) is 0 Å². The Kier molecular flexibility index (Phi) is 4.29. The van der Waals surface area contributed by atoms with Crippen LogP contribution in [0.4, 0.5) is 4.39 Å². The van der Waals surface area contributed by atoms with Crippen molar-refractivity contribution >= 4 is 22.2 Å². The van der Waals surface area contributed by atoms with Crippen molar-refractivity contribution < 1.29 is 19.0 Å². The molecule has 0 spiro atoms. The van der Waals surface area contributed by atoms with Crippen molar-refractivity contribution in [2.75, 3.05) is 7.11 Å². The molecule has 0 bridgehead atoms. The van der Waals surface area contributed by atoms with E-state index in [4.69, 9.17) is 4.74 Å². The standard InChI is InChI=1S/C11H12BrFO3/c1-6(3-4-14)9-7(12)5-8(13)10(15)11(9)16-2/h4-6,15H,3H2,1-2H3. The van der Waals surface area contributed by atoms with Gasteiger partial charge in [0, 0.05) is 16.5 Å². The number of carbonyl (C=O) groups excluding carboxylic acids is 1. The Balaban J connectivity index is 3.35. The molecule has 0 saturated heterocycles. The first-order valence-electron chi connectivity index (χ1n) is 4.71. The molecule has 88 valence electrons. The van der Waals surface area contributed by atoms with Crippen LogP contribution >= 0.6 is 15.9 Å². The minimum Gasteiger partial charge on any atom is -0.502 e. The van der Waals surface area contributed by atoms with Gasteiger partial charge in [-0.3, -0.25) is 0 Å². The molecule has 0 amide bonds. The number of phenolic OH excluding ortho intramolecular Hbond substituents is 1. The lowest BCUT2D eigenvalue weighted by Crippen LogP contribution is -2.01. The number of methoxy groups -OCH3 is 1. The maximum atomic E-state index is 13.2. The molecule has 0 aromatic heterocycles. The van der Waals surface area contributed by atoms with Crippen LogP contribution in [0.5, 0.6) is 11.5 Å². The second-order valence-corrected chi connectivity index (χ2v) is 4.29. The zero-order valence-corrected chi connectivity index (χ0v) is 10.5. The van der Waals surface area contributed by atoms with Crippen LogP contribution in [-0.4, -0.2) is 18.5 Å². The van der Waals surface area contributed by atoms with E-state index in [0.717, 1.165) is 12.4 Å². The predicted octanol–water partition coefficient (Wildman–Crippen LogP) is 2.99. The van der Waals surface area contributed by atoms with Gasteiger partial charge in [0.1, 0.15) is 6.29 Å². The van der Waals surface area contributed by atoms with Crippen LogP contribution in [0.3, 0.4) is 0 Å². The molecule has 1 atom stereocenters. The van der Waals surface area contributed by atoms with Crippen LogP contribution in [0.2, 0.25) is 0 Å². The van der Waals surface area contributed by atoms with Gasteiger partial charge >= 0.3 is 0 Å². The van der Waals surface area contributed by atoms with Crippen LogP contribution in [0.25, 0.3) is 0 Å². The Labute approximate surface area is 101 Å². The molecule has 0 aliphatic carbocycles. The van der Waals surface area contributed by atoms with Gasteiger partial charge in [0.2, 0.25) is 0 Å². The molecule has 1 rings (SSSR count). The molecular weight excluding hydrogens is 279 g/mol. The molecule has 1 N–H and O–H groups in total. The van der Waals surface area contributed by atoms with E-state index in [-0.39, 0.29) is 18.1 Å². The number of aldehydes is 1. The Bertz CT molecular complexity index is 407. The fraction of sp³-hybridized carbons (Fsp3) is 0.364. The monoisotopic (exact) mass is 290 g/mol. The Morgan fingerprint density at radius 1 is 1.69 bits per heavy atom. The van der Waals surface area contributed by atoms with E-state index >= 15 is 0 Å². The number of phenols is 1. The third kappa shape index (κ3) is 2.35. The lowest BCUT2D eigenvalue weighted by molar-refractivity contribution is -0.108. The van der Waals surface area contributed by atoms with Gasteiger partial charge in [-0.05, 0) is 12.0 Å². The molecule has 0 fully saturated rings. The number of benzene rings is 1. The summed E-state index contributed by atoms with van der Waals surface area (Å²) < 4.78 is 18.7. The Morgan fingerprint density at radius 2 is 2.31 bits per heavy atom. The lowest BCUT2D eigenvalue weighted by Gasteiger charge is -2.17. The van der Waals surface area contributed by atoms with Gasteiger partial charge in [-0.25, -0.2) is 4.39 Å². The summed E-state index contributed by atoms with van der Waals surface area (Å²) in [5.74, 6) is -1.38. The van der Waals surface area contributed by atoms with Crippen molar-refractivity contribution in [2.24, 2.45) is 0 Å². The summed E-state index contributed by atoms with van der Waals surface area (Å²) in [6.07, 6.45) is 1.05. The molecule has 1 unspecified atom stereocenters. The highest BCUT2D eigenvalue weighted by Crippen LogP contribution is 2.42. The summed E-state index contributed by atoms with van der Waals surface area (Å²) in [6.45, 7) is 1.80. The first-order chi connectivity index (χ1) is 7.52. The summed E-state index contributed by atoms with van der Waals surface area (Å²) in [5.41, 5.74) is 0.591. The van der Waals surface area contributed by atoms with Crippen LogP contribution in [0.1, 0.15) is 24.8 Å². The summed E-state index contributed by atoms with van der Waals surface area (Å²) in [5, 5.41) is 9.51. The molecule has 0 heterocycles. The molecule has 1 aromatic carbocycles. The number of hydrogen-bond donors (Lipinski definition) is 1. The molecule has 1 aromatic rings. The van der Waals surface area contributed by atoms with Gasteiger partial charge in [0.05, 0.1) is 7.11 Å². The quantitative estimate of drug-likeness (QED) is 0.867. The third-order valence-corrected chi connectivity index (χ3v) is 3.00. The topological polar surface area (TPSA) is 46.5 Å². The maximum Gasteiger partial charge on any atom is 0.194 e. The van der Waals surface area contributed by atoms with Crippen LogP contribution in [-0.2, 0) is 4.79 Å². The number of hydrogen-bond acceptors (Lipinski definition) is 3. The third-order valence-electron chi connectivity index (χ3n) is 2.34. The van der Waals surface area contributed by atoms with Crippen LogP contribution in [0, 0.1) is 5.82 Å². The first-order valence-corrected chi connectivity index (χ1v) is 5.50. The highest BCUT2D eigenvalue weighted by atomic mass is 79.9. The van der Waals surface area contributed by atoms with Crippen molar-refractivity contribution in [2.45, 2.75) is 19.3 Å². The number of ether oxygens (including phenoxy) is 1. The molecule has 0 aliphatic heterocycles. The summed E-state index contributed by atoms with van der Waals surface area (Å²) in [7, 11) is 1.35.